The summed E-state index contributed by atoms with van der Waals surface area (Å²) in [6.07, 6.45) is 9.08. The Bertz CT molecular complexity index is 941. The Hall–Kier alpha value is -2.52. The van der Waals surface area contributed by atoms with Crippen LogP contribution >= 0.6 is 0 Å². The Morgan fingerprint density at radius 3 is 2.79 bits per heavy atom. The summed E-state index contributed by atoms with van der Waals surface area (Å²) in [6, 6.07) is 7.30. The van der Waals surface area contributed by atoms with E-state index in [-0.39, 0.29) is 32.3 Å². The van der Waals surface area contributed by atoms with E-state index in [0.29, 0.717) is 29.3 Å². The second-order valence-corrected chi connectivity index (χ2v) is 8.97. The molecule has 4 aliphatic rings. The number of hydrogen-bond donors (Lipinski definition) is 2. The highest BCUT2D eigenvalue weighted by molar-refractivity contribution is 5.94. The van der Waals surface area contributed by atoms with Crippen LogP contribution < -0.4 is 5.32 Å². The van der Waals surface area contributed by atoms with Gasteiger partial charge in [0.1, 0.15) is 25.1 Å². The van der Waals surface area contributed by atoms with Gasteiger partial charge in [-0.2, -0.15) is 0 Å². The van der Waals surface area contributed by atoms with Crippen LogP contribution in [0.5, 0.6) is 0 Å². The van der Waals surface area contributed by atoms with E-state index in [9.17, 15) is 9.59 Å². The quantitative estimate of drug-likeness (QED) is 0.478. The summed E-state index contributed by atoms with van der Waals surface area (Å²) in [5, 5.41) is 11.6. The minimum atomic E-state index is -0.635. The molecule has 176 valence electrons. The molecule has 2 aliphatic heterocycles. The number of hydrogen-bond acceptors (Lipinski definition) is 7. The third-order valence-electron chi connectivity index (χ3n) is 6.70. The van der Waals surface area contributed by atoms with E-state index < -0.39 is 24.3 Å². The summed E-state index contributed by atoms with van der Waals surface area (Å²) < 4.78 is 22.5. The summed E-state index contributed by atoms with van der Waals surface area (Å²) in [7, 11) is 0. The predicted molar refractivity (Wildman–Crippen MR) is 118 cm³/mol. The molecule has 2 N–H and O–H groups in total. The molecule has 1 saturated carbocycles. The molecule has 2 saturated heterocycles. The van der Waals surface area contributed by atoms with Crippen LogP contribution in [0.4, 0.5) is 0 Å². The first-order chi connectivity index (χ1) is 16.1. The first-order valence-corrected chi connectivity index (χ1v) is 11.6. The minimum Gasteiger partial charge on any atom is -0.456 e. The molecule has 1 aromatic rings. The molecule has 1 aromatic carbocycles. The molecule has 0 bridgehead atoms. The second kappa shape index (κ2) is 9.77. The van der Waals surface area contributed by atoms with Gasteiger partial charge in [0.05, 0.1) is 24.4 Å². The van der Waals surface area contributed by atoms with Crippen molar-refractivity contribution in [2.24, 2.45) is 5.92 Å². The van der Waals surface area contributed by atoms with E-state index in [2.05, 4.69) is 17.5 Å². The number of allylic oxidation sites excluding steroid dienone is 1. The van der Waals surface area contributed by atoms with E-state index in [1.165, 1.54) is 0 Å². The summed E-state index contributed by atoms with van der Waals surface area (Å²) in [6.45, 7) is 0.0911. The molecule has 0 radical (unpaired) electrons. The van der Waals surface area contributed by atoms with E-state index in [1.807, 2.05) is 12.1 Å². The number of carbonyl (C=O) groups excluding carboxylic acids is 2. The lowest BCUT2D eigenvalue weighted by Gasteiger charge is -2.30. The van der Waals surface area contributed by atoms with Gasteiger partial charge in [-0.05, 0) is 49.0 Å². The number of amides is 1. The topological polar surface area (TPSA) is 107 Å². The van der Waals surface area contributed by atoms with Crippen LogP contribution in [0.25, 0.3) is 6.08 Å². The van der Waals surface area contributed by atoms with E-state index in [4.69, 9.17) is 24.1 Å². The Balaban J connectivity index is 1.19. The Morgan fingerprint density at radius 2 is 2.00 bits per heavy atom. The van der Waals surface area contributed by atoms with Crippen molar-refractivity contribution in [1.29, 1.82) is 0 Å². The molecule has 1 amide bonds. The van der Waals surface area contributed by atoms with Crippen molar-refractivity contribution in [1.82, 2.24) is 5.32 Å². The smallest absolute Gasteiger partial charge is 0.338 e. The van der Waals surface area contributed by atoms with Crippen molar-refractivity contribution in [3.8, 4) is 0 Å². The summed E-state index contributed by atoms with van der Waals surface area (Å²) in [5.41, 5.74) is 1.93. The van der Waals surface area contributed by atoms with Gasteiger partial charge in [-0.1, -0.05) is 24.3 Å². The number of aliphatic hydroxyl groups is 1. The van der Waals surface area contributed by atoms with Crippen LogP contribution in [0.3, 0.4) is 0 Å². The maximum atomic E-state index is 12.8. The number of aliphatic hydroxyl groups excluding tert-OH is 1. The van der Waals surface area contributed by atoms with Gasteiger partial charge in [0.15, 0.2) is 0 Å². The minimum absolute atomic E-state index is 0.0843. The molecule has 2 aliphatic carbocycles. The van der Waals surface area contributed by atoms with E-state index in [0.717, 1.165) is 24.8 Å². The van der Waals surface area contributed by atoms with E-state index in [1.54, 1.807) is 18.2 Å². The summed E-state index contributed by atoms with van der Waals surface area (Å²) in [4.78, 5) is 25.1. The molecule has 0 aromatic heterocycles. The molecule has 5 rings (SSSR count). The Labute approximate surface area is 192 Å². The van der Waals surface area contributed by atoms with Gasteiger partial charge in [-0.3, -0.25) is 4.79 Å². The number of carbonyl (C=O) groups is 2. The van der Waals surface area contributed by atoms with Crippen LogP contribution in [0.15, 0.2) is 42.0 Å². The third kappa shape index (κ3) is 5.19. The lowest BCUT2D eigenvalue weighted by molar-refractivity contribution is -0.118. The van der Waals surface area contributed by atoms with Gasteiger partial charge in [0, 0.05) is 18.5 Å². The molecule has 8 heteroatoms. The maximum Gasteiger partial charge on any atom is 0.338 e. The number of ether oxygens (including phenoxy) is 4. The summed E-state index contributed by atoms with van der Waals surface area (Å²) >= 11 is 0. The van der Waals surface area contributed by atoms with Crippen LogP contribution in [0.2, 0.25) is 0 Å². The van der Waals surface area contributed by atoms with Gasteiger partial charge in [-0.25, -0.2) is 4.79 Å². The monoisotopic (exact) mass is 455 g/mol. The number of rotatable bonds is 7. The lowest BCUT2D eigenvalue weighted by atomic mass is 9.89. The normalized spacial score (nSPS) is 32.6. The number of fused-ring (bicyclic) bond motifs is 2. The fourth-order valence-electron chi connectivity index (χ4n) is 4.80. The fourth-order valence-corrected chi connectivity index (χ4v) is 4.80. The van der Waals surface area contributed by atoms with Crippen LogP contribution in [0.1, 0.15) is 41.6 Å². The first-order valence-electron chi connectivity index (χ1n) is 11.6. The van der Waals surface area contributed by atoms with Crippen LogP contribution in [-0.4, -0.2) is 67.4 Å². The number of benzene rings is 1. The lowest BCUT2D eigenvalue weighted by Crippen LogP contribution is -2.43. The molecular weight excluding hydrogens is 426 g/mol. The van der Waals surface area contributed by atoms with Crippen molar-refractivity contribution in [3.05, 3.63) is 53.1 Å². The second-order valence-electron chi connectivity index (χ2n) is 8.97. The van der Waals surface area contributed by atoms with Crippen molar-refractivity contribution in [3.63, 3.8) is 0 Å². The molecule has 6 atom stereocenters. The van der Waals surface area contributed by atoms with Crippen LogP contribution in [-0.2, 0) is 23.7 Å². The fraction of sp³-hybridized carbons (Fsp3) is 0.520. The predicted octanol–water partition coefficient (Wildman–Crippen LogP) is 1.97. The van der Waals surface area contributed by atoms with Crippen molar-refractivity contribution >= 4 is 18.0 Å². The van der Waals surface area contributed by atoms with Crippen molar-refractivity contribution in [2.75, 3.05) is 19.9 Å². The number of esters is 1. The molecule has 0 spiro atoms. The van der Waals surface area contributed by atoms with E-state index >= 15 is 0 Å². The number of epoxide rings is 1. The molecule has 8 nitrogen and oxygen atoms in total. The van der Waals surface area contributed by atoms with Crippen LogP contribution in [0, 0.1) is 5.92 Å². The third-order valence-corrected chi connectivity index (χ3v) is 6.70. The largest absolute Gasteiger partial charge is 0.456 e. The maximum absolute atomic E-state index is 12.8. The van der Waals surface area contributed by atoms with Crippen molar-refractivity contribution < 1.29 is 33.6 Å². The molecule has 3 fully saturated rings. The average molecular weight is 456 g/mol. The Kier molecular flexibility index (Phi) is 6.59. The SMILES string of the molecule is O=C(NCCO)C1=CC2OCOC2C(OC(=O)c2ccc(C=CC3CCC4OC4C3)cc2)C1. The van der Waals surface area contributed by atoms with Gasteiger partial charge in [-0.15, -0.1) is 0 Å². The highest BCUT2D eigenvalue weighted by Crippen LogP contribution is 2.40. The number of nitrogens with one attached hydrogen (secondary N) is 1. The Morgan fingerprint density at radius 1 is 1.15 bits per heavy atom. The van der Waals surface area contributed by atoms with Gasteiger partial charge in [0.2, 0.25) is 5.91 Å². The zero-order valence-corrected chi connectivity index (χ0v) is 18.4. The zero-order chi connectivity index (χ0) is 22.8. The summed E-state index contributed by atoms with van der Waals surface area (Å²) in [5.74, 6) is -0.231. The van der Waals surface area contributed by atoms with Crippen molar-refractivity contribution in [2.45, 2.75) is 56.2 Å². The average Bonchev–Trinajstić information content (AvgIpc) is 3.45. The highest BCUT2D eigenvalue weighted by atomic mass is 16.7. The molecule has 2 heterocycles. The zero-order valence-electron chi connectivity index (χ0n) is 18.4. The molecule has 6 unspecified atom stereocenters. The van der Waals surface area contributed by atoms with Gasteiger partial charge in [0.25, 0.3) is 0 Å². The molecular formula is C25H29NO7. The first kappa shape index (κ1) is 22.3. The standard InChI is InChI=1S/C25H29NO7/c27-10-9-26-24(28)18-12-21-23(31-14-30-21)22(13-18)33-25(29)17-6-3-15(4-7-17)1-2-16-5-8-19-20(11-16)32-19/h1-4,6-7,12,16,19-23,27H,5,8-11,13-14H2,(H,26,28). The van der Waals surface area contributed by atoms with Gasteiger partial charge >= 0.3 is 5.97 Å². The van der Waals surface area contributed by atoms with Gasteiger partial charge < -0.3 is 29.4 Å². The highest BCUT2D eigenvalue weighted by Gasteiger charge is 2.43. The molecule has 33 heavy (non-hydrogen) atoms.